The molecule has 2 aromatic heterocycles. The van der Waals surface area contributed by atoms with Gasteiger partial charge in [-0.25, -0.2) is 17.8 Å². The molecule has 0 saturated carbocycles. The number of rotatable bonds is 7. The molecule has 5 rings (SSSR count). The molecule has 5 aromatic rings. The van der Waals surface area contributed by atoms with Gasteiger partial charge < -0.3 is 9.09 Å². The van der Waals surface area contributed by atoms with Gasteiger partial charge >= 0.3 is 0 Å². The van der Waals surface area contributed by atoms with Gasteiger partial charge in [0.1, 0.15) is 11.5 Å². The lowest BCUT2D eigenvalue weighted by molar-refractivity contribution is 0.431. The fraction of sp³-hybridized carbons (Fsp3) is 0.0800. The van der Waals surface area contributed by atoms with Crippen LogP contribution in [0.15, 0.2) is 94.7 Å². The molecule has 35 heavy (non-hydrogen) atoms. The number of sulfonamides is 1. The Hall–Kier alpha value is -4.31. The molecule has 0 atom stereocenters. The molecule has 0 radical (unpaired) electrons. The maximum absolute atomic E-state index is 13.1. The van der Waals surface area contributed by atoms with Crippen LogP contribution in [-0.2, 0) is 16.6 Å². The molecule has 0 aliphatic carbocycles. The first kappa shape index (κ1) is 22.5. The van der Waals surface area contributed by atoms with Gasteiger partial charge in [-0.15, -0.1) is 0 Å². The van der Waals surface area contributed by atoms with Crippen molar-refractivity contribution in [3.8, 4) is 23.0 Å². The molecule has 0 amide bonds. The van der Waals surface area contributed by atoms with Crippen molar-refractivity contribution in [2.45, 2.75) is 18.4 Å². The van der Waals surface area contributed by atoms with Crippen LogP contribution >= 0.6 is 0 Å². The Kier molecular flexibility index (Phi) is 5.87. The maximum atomic E-state index is 13.1. The summed E-state index contributed by atoms with van der Waals surface area (Å²) in [6.45, 7) is 2.51. The van der Waals surface area contributed by atoms with Gasteiger partial charge in [-0.1, -0.05) is 41.1 Å². The molecular weight excluding hydrogens is 469 g/mol. The Morgan fingerprint density at radius 1 is 1.03 bits per heavy atom. The van der Waals surface area contributed by atoms with Crippen molar-refractivity contribution in [2.75, 3.05) is 4.72 Å². The van der Waals surface area contributed by atoms with E-state index >= 15 is 0 Å². The molecule has 0 spiro atoms. The van der Waals surface area contributed by atoms with Gasteiger partial charge in [0.05, 0.1) is 11.2 Å². The number of nitrogens with one attached hydrogen (secondary N) is 1. The van der Waals surface area contributed by atoms with Crippen molar-refractivity contribution < 1.29 is 17.3 Å². The van der Waals surface area contributed by atoms with E-state index < -0.39 is 15.8 Å². The highest BCUT2D eigenvalue weighted by molar-refractivity contribution is 7.92. The Labute approximate surface area is 201 Å². The van der Waals surface area contributed by atoms with Crippen LogP contribution in [0.25, 0.3) is 23.0 Å². The Bertz CT molecular complexity index is 1580. The average molecular weight is 490 g/mol. The highest BCUT2D eigenvalue weighted by Gasteiger charge is 2.15. The molecule has 10 heteroatoms. The Morgan fingerprint density at radius 2 is 1.80 bits per heavy atom. The van der Waals surface area contributed by atoms with Crippen LogP contribution < -0.4 is 4.72 Å². The van der Waals surface area contributed by atoms with Crippen molar-refractivity contribution in [1.29, 1.82) is 0 Å². The number of aromatic nitrogens is 4. The van der Waals surface area contributed by atoms with Crippen molar-refractivity contribution in [2.24, 2.45) is 0 Å². The number of halogens is 1. The molecule has 0 saturated heterocycles. The third kappa shape index (κ3) is 5.12. The second kappa shape index (κ2) is 9.15. The fourth-order valence-electron chi connectivity index (χ4n) is 3.50. The van der Waals surface area contributed by atoms with Gasteiger partial charge in [0.2, 0.25) is 5.82 Å². The molecule has 3 aromatic carbocycles. The van der Waals surface area contributed by atoms with E-state index in [2.05, 4.69) is 19.8 Å². The third-order valence-corrected chi connectivity index (χ3v) is 6.65. The predicted octanol–water partition coefficient (Wildman–Crippen LogP) is 4.90. The number of imidazole rings is 1. The molecule has 0 fully saturated rings. The van der Waals surface area contributed by atoms with E-state index in [1.54, 1.807) is 24.7 Å². The SMILES string of the molecule is Cc1cccc(-c2noc(-c3cn(Cc4ccc(NS(=O)(=O)c5ccc(F)cc5)cc4)cn3)n2)c1. The van der Waals surface area contributed by atoms with Crippen LogP contribution in [0, 0.1) is 12.7 Å². The van der Waals surface area contributed by atoms with Crippen LogP contribution in [0.5, 0.6) is 0 Å². The minimum atomic E-state index is -3.80. The molecule has 0 unspecified atom stereocenters. The first-order valence-electron chi connectivity index (χ1n) is 10.7. The molecule has 1 N–H and O–H groups in total. The summed E-state index contributed by atoms with van der Waals surface area (Å²) in [6, 6.07) is 19.4. The zero-order valence-corrected chi connectivity index (χ0v) is 19.4. The largest absolute Gasteiger partial charge is 0.332 e. The summed E-state index contributed by atoms with van der Waals surface area (Å²) >= 11 is 0. The van der Waals surface area contributed by atoms with Crippen LogP contribution in [0.1, 0.15) is 11.1 Å². The fourth-order valence-corrected chi connectivity index (χ4v) is 4.56. The number of hydrogen-bond acceptors (Lipinski definition) is 6. The zero-order chi connectivity index (χ0) is 24.4. The van der Waals surface area contributed by atoms with Crippen molar-refractivity contribution in [3.63, 3.8) is 0 Å². The first-order valence-corrected chi connectivity index (χ1v) is 12.1. The standard InChI is InChI=1S/C25H20FN5O3S/c1-17-3-2-4-19(13-17)24-28-25(34-29-24)23-15-31(16-27-23)14-18-5-9-21(10-6-18)30-35(32,33)22-11-7-20(26)8-12-22/h2-13,15-16,30H,14H2,1H3. The van der Waals surface area contributed by atoms with E-state index in [1.807, 2.05) is 47.9 Å². The number of benzene rings is 3. The van der Waals surface area contributed by atoms with E-state index in [-0.39, 0.29) is 4.90 Å². The smallest absolute Gasteiger partial charge is 0.278 e. The highest BCUT2D eigenvalue weighted by Crippen LogP contribution is 2.22. The lowest BCUT2D eigenvalue weighted by Crippen LogP contribution is -2.13. The highest BCUT2D eigenvalue weighted by atomic mass is 32.2. The summed E-state index contributed by atoms with van der Waals surface area (Å²) in [5, 5.41) is 4.05. The van der Waals surface area contributed by atoms with Gasteiger partial charge in [-0.2, -0.15) is 4.98 Å². The summed E-state index contributed by atoms with van der Waals surface area (Å²) in [6.07, 6.45) is 3.47. The molecule has 0 aliphatic rings. The number of anilines is 1. The van der Waals surface area contributed by atoms with Gasteiger partial charge in [0, 0.05) is 24.0 Å². The molecule has 8 nitrogen and oxygen atoms in total. The molecular formula is C25H20FN5O3S. The van der Waals surface area contributed by atoms with E-state index in [0.717, 1.165) is 28.8 Å². The minimum absolute atomic E-state index is 0.0134. The average Bonchev–Trinajstić information content (AvgIpc) is 3.50. The van der Waals surface area contributed by atoms with E-state index in [1.165, 1.54) is 12.1 Å². The van der Waals surface area contributed by atoms with E-state index in [4.69, 9.17) is 4.52 Å². The number of hydrogen-bond donors (Lipinski definition) is 1. The Morgan fingerprint density at radius 3 is 2.54 bits per heavy atom. The summed E-state index contributed by atoms with van der Waals surface area (Å²) in [5.41, 5.74) is 3.87. The van der Waals surface area contributed by atoms with Crippen LogP contribution in [-0.4, -0.2) is 28.1 Å². The zero-order valence-electron chi connectivity index (χ0n) is 18.6. The van der Waals surface area contributed by atoms with Crippen molar-refractivity contribution >= 4 is 15.7 Å². The van der Waals surface area contributed by atoms with E-state index in [0.29, 0.717) is 29.6 Å². The maximum Gasteiger partial charge on any atom is 0.278 e. The summed E-state index contributed by atoms with van der Waals surface area (Å²) in [4.78, 5) is 8.80. The normalized spacial score (nSPS) is 11.5. The van der Waals surface area contributed by atoms with Gasteiger partial charge in [-0.3, -0.25) is 4.72 Å². The van der Waals surface area contributed by atoms with Gasteiger partial charge in [0.25, 0.3) is 15.9 Å². The predicted molar refractivity (Wildman–Crippen MR) is 128 cm³/mol. The summed E-state index contributed by atoms with van der Waals surface area (Å²) in [7, 11) is -3.80. The second-order valence-electron chi connectivity index (χ2n) is 7.98. The molecule has 0 aliphatic heterocycles. The lowest BCUT2D eigenvalue weighted by atomic mass is 10.1. The second-order valence-corrected chi connectivity index (χ2v) is 9.66. The van der Waals surface area contributed by atoms with Crippen LogP contribution in [0.2, 0.25) is 0 Å². The van der Waals surface area contributed by atoms with Crippen molar-refractivity contribution in [1.82, 2.24) is 19.7 Å². The van der Waals surface area contributed by atoms with Crippen LogP contribution in [0.3, 0.4) is 0 Å². The van der Waals surface area contributed by atoms with Crippen LogP contribution in [0.4, 0.5) is 10.1 Å². The number of aryl methyl sites for hydroxylation is 1. The van der Waals surface area contributed by atoms with Gasteiger partial charge in [0.15, 0.2) is 0 Å². The quantitative estimate of drug-likeness (QED) is 0.349. The Balaban J connectivity index is 1.26. The summed E-state index contributed by atoms with van der Waals surface area (Å²) in [5.74, 6) is 0.324. The molecule has 2 heterocycles. The third-order valence-electron chi connectivity index (χ3n) is 5.25. The molecule has 0 bridgehead atoms. The van der Waals surface area contributed by atoms with Gasteiger partial charge in [-0.05, 0) is 55.0 Å². The number of nitrogens with zero attached hydrogens (tertiary/aromatic N) is 4. The summed E-state index contributed by atoms with van der Waals surface area (Å²) < 4.78 is 47.8. The van der Waals surface area contributed by atoms with E-state index in [9.17, 15) is 12.8 Å². The monoisotopic (exact) mass is 489 g/mol. The molecule has 176 valence electrons. The first-order chi connectivity index (χ1) is 16.9. The van der Waals surface area contributed by atoms with Crippen molar-refractivity contribution in [3.05, 3.63) is 102 Å². The minimum Gasteiger partial charge on any atom is -0.332 e. The lowest BCUT2D eigenvalue weighted by Gasteiger charge is -2.09. The topological polar surface area (TPSA) is 103 Å².